The average Bonchev–Trinajstić information content (AvgIpc) is 2.56. The third kappa shape index (κ3) is 3.65. The highest BCUT2D eigenvalue weighted by Gasteiger charge is 2.26. The number of hydrogen-bond donors (Lipinski definition) is 1. The predicted octanol–water partition coefficient (Wildman–Crippen LogP) is 1.64. The number of nitrogens with one attached hydrogen (secondary N) is 1. The van der Waals surface area contributed by atoms with Crippen molar-refractivity contribution in [3.8, 4) is 0 Å². The van der Waals surface area contributed by atoms with Crippen LogP contribution in [-0.4, -0.2) is 31.1 Å². The molecule has 0 unspecified atom stereocenters. The minimum Gasteiger partial charge on any atom is -0.355 e. The molecule has 2 aromatic rings. The van der Waals surface area contributed by atoms with Crippen molar-refractivity contribution in [2.75, 3.05) is 31.1 Å². The number of halogens is 1. The summed E-state index contributed by atoms with van der Waals surface area (Å²) in [5.74, 6) is -0.575. The number of nitro groups is 1. The minimum atomic E-state index is -0.575. The summed E-state index contributed by atoms with van der Waals surface area (Å²) in [7, 11) is 0. The number of nitro benzene ring substituents is 1. The highest BCUT2D eigenvalue weighted by Crippen LogP contribution is 2.28. The first kappa shape index (κ1) is 15.4. The first-order chi connectivity index (χ1) is 11.1. The Morgan fingerprint density at radius 1 is 1.13 bits per heavy atom. The van der Waals surface area contributed by atoms with Gasteiger partial charge in [-0.1, -0.05) is 30.3 Å². The third-order valence-electron chi connectivity index (χ3n) is 4.24. The maximum atomic E-state index is 13.3. The van der Waals surface area contributed by atoms with Gasteiger partial charge in [0.05, 0.1) is 37.2 Å². The third-order valence-corrected chi connectivity index (χ3v) is 4.24. The van der Waals surface area contributed by atoms with E-state index in [1.54, 1.807) is 0 Å². The van der Waals surface area contributed by atoms with Gasteiger partial charge in [0.2, 0.25) is 0 Å². The molecule has 0 atom stereocenters. The molecule has 1 N–H and O–H groups in total. The number of quaternary nitrogens is 1. The van der Waals surface area contributed by atoms with Gasteiger partial charge in [-0.3, -0.25) is 10.1 Å². The van der Waals surface area contributed by atoms with Gasteiger partial charge in [0.1, 0.15) is 18.0 Å². The van der Waals surface area contributed by atoms with Crippen molar-refractivity contribution < 1.29 is 14.2 Å². The molecule has 3 rings (SSSR count). The van der Waals surface area contributed by atoms with Crippen LogP contribution in [0.15, 0.2) is 48.5 Å². The highest BCUT2D eigenvalue weighted by atomic mass is 19.1. The Bertz CT molecular complexity index is 685. The van der Waals surface area contributed by atoms with Gasteiger partial charge in [-0.05, 0) is 12.1 Å². The summed E-state index contributed by atoms with van der Waals surface area (Å²) in [6.07, 6.45) is 0. The Kier molecular flexibility index (Phi) is 4.52. The van der Waals surface area contributed by atoms with E-state index in [0.717, 1.165) is 38.8 Å². The van der Waals surface area contributed by atoms with Crippen LogP contribution in [0.5, 0.6) is 0 Å². The van der Waals surface area contributed by atoms with Gasteiger partial charge in [0.25, 0.3) is 5.69 Å². The second-order valence-corrected chi connectivity index (χ2v) is 5.79. The number of hydrogen-bond acceptors (Lipinski definition) is 3. The molecule has 5 nitrogen and oxygen atoms in total. The lowest BCUT2D eigenvalue weighted by Crippen LogP contribution is -3.13. The highest BCUT2D eigenvalue weighted by molar-refractivity contribution is 5.63. The van der Waals surface area contributed by atoms with E-state index < -0.39 is 10.7 Å². The minimum absolute atomic E-state index is 0.156. The zero-order valence-corrected chi connectivity index (χ0v) is 12.7. The molecule has 0 aromatic heterocycles. The molecule has 0 bridgehead atoms. The molecule has 23 heavy (non-hydrogen) atoms. The van der Waals surface area contributed by atoms with E-state index in [1.165, 1.54) is 22.6 Å². The van der Waals surface area contributed by atoms with Crippen LogP contribution in [0.4, 0.5) is 15.8 Å². The zero-order chi connectivity index (χ0) is 16.2. The van der Waals surface area contributed by atoms with Crippen molar-refractivity contribution in [3.63, 3.8) is 0 Å². The monoisotopic (exact) mass is 316 g/mol. The van der Waals surface area contributed by atoms with Gasteiger partial charge in [-0.15, -0.1) is 0 Å². The number of nitrogens with zero attached hydrogens (tertiary/aromatic N) is 2. The van der Waals surface area contributed by atoms with E-state index >= 15 is 0 Å². The maximum absolute atomic E-state index is 13.3. The van der Waals surface area contributed by atoms with Gasteiger partial charge in [0.15, 0.2) is 0 Å². The molecule has 0 radical (unpaired) electrons. The van der Waals surface area contributed by atoms with Crippen LogP contribution in [0.25, 0.3) is 0 Å². The lowest BCUT2D eigenvalue weighted by molar-refractivity contribution is -0.914. The molecule has 1 heterocycles. The van der Waals surface area contributed by atoms with Crippen LogP contribution in [0.1, 0.15) is 5.56 Å². The lowest BCUT2D eigenvalue weighted by Gasteiger charge is -2.33. The van der Waals surface area contributed by atoms with E-state index in [0.29, 0.717) is 5.69 Å². The fourth-order valence-electron chi connectivity index (χ4n) is 3.04. The SMILES string of the molecule is O=[N+]([O-])c1cc(F)ccc1N1CC[NH+](Cc2ccccc2)CC1. The number of piperazine rings is 1. The number of benzene rings is 2. The summed E-state index contributed by atoms with van der Waals surface area (Å²) in [5, 5.41) is 11.1. The topological polar surface area (TPSA) is 50.8 Å². The van der Waals surface area contributed by atoms with Crippen LogP contribution in [0.3, 0.4) is 0 Å². The zero-order valence-electron chi connectivity index (χ0n) is 12.7. The first-order valence-corrected chi connectivity index (χ1v) is 7.70. The van der Waals surface area contributed by atoms with Crippen molar-refractivity contribution in [3.05, 3.63) is 70.0 Å². The van der Waals surface area contributed by atoms with Gasteiger partial charge in [-0.25, -0.2) is 4.39 Å². The van der Waals surface area contributed by atoms with Gasteiger partial charge in [0, 0.05) is 5.56 Å². The quantitative estimate of drug-likeness (QED) is 0.689. The molecule has 0 aliphatic carbocycles. The molecule has 1 saturated heterocycles. The van der Waals surface area contributed by atoms with Gasteiger partial charge in [-0.2, -0.15) is 0 Å². The van der Waals surface area contributed by atoms with E-state index in [2.05, 4.69) is 12.1 Å². The molecular weight excluding hydrogens is 297 g/mol. The summed E-state index contributed by atoms with van der Waals surface area (Å²) in [6, 6.07) is 14.1. The van der Waals surface area contributed by atoms with E-state index in [9.17, 15) is 14.5 Å². The Morgan fingerprint density at radius 2 is 1.83 bits per heavy atom. The summed E-state index contributed by atoms with van der Waals surface area (Å²) in [4.78, 5) is 14.1. The van der Waals surface area contributed by atoms with Crippen molar-refractivity contribution >= 4 is 11.4 Å². The van der Waals surface area contributed by atoms with E-state index in [4.69, 9.17) is 0 Å². The second-order valence-electron chi connectivity index (χ2n) is 5.79. The van der Waals surface area contributed by atoms with Crippen LogP contribution < -0.4 is 9.80 Å². The fourth-order valence-corrected chi connectivity index (χ4v) is 3.04. The Morgan fingerprint density at radius 3 is 2.48 bits per heavy atom. The Labute approximate surface area is 134 Å². The second kappa shape index (κ2) is 6.75. The number of anilines is 1. The molecule has 0 spiro atoms. The molecular formula is C17H19FN3O2+. The average molecular weight is 316 g/mol. The molecule has 0 saturated carbocycles. The molecule has 6 heteroatoms. The smallest absolute Gasteiger partial charge is 0.295 e. The first-order valence-electron chi connectivity index (χ1n) is 7.70. The van der Waals surface area contributed by atoms with Crippen LogP contribution in [-0.2, 0) is 6.54 Å². The van der Waals surface area contributed by atoms with E-state index in [1.807, 2.05) is 23.1 Å². The molecule has 1 aliphatic rings. The van der Waals surface area contributed by atoms with Crippen LogP contribution in [0.2, 0.25) is 0 Å². The summed E-state index contributed by atoms with van der Waals surface area (Å²) >= 11 is 0. The fraction of sp³-hybridized carbons (Fsp3) is 0.294. The standard InChI is InChI=1S/C17H18FN3O2/c18-15-6-7-16(17(12-15)21(22)23)20-10-8-19(9-11-20)13-14-4-2-1-3-5-14/h1-7,12H,8-11,13H2/p+1. The maximum Gasteiger partial charge on any atom is 0.295 e. The largest absolute Gasteiger partial charge is 0.355 e. The van der Waals surface area contributed by atoms with Crippen molar-refractivity contribution in [2.24, 2.45) is 0 Å². The Balaban J connectivity index is 1.66. The number of rotatable bonds is 4. The molecule has 1 fully saturated rings. The normalized spacial score (nSPS) is 15.6. The van der Waals surface area contributed by atoms with Gasteiger partial charge >= 0.3 is 0 Å². The van der Waals surface area contributed by atoms with Crippen LogP contribution >= 0.6 is 0 Å². The molecule has 1 aliphatic heterocycles. The van der Waals surface area contributed by atoms with Crippen molar-refractivity contribution in [1.82, 2.24) is 0 Å². The van der Waals surface area contributed by atoms with Crippen molar-refractivity contribution in [2.45, 2.75) is 6.54 Å². The van der Waals surface area contributed by atoms with E-state index in [-0.39, 0.29) is 5.69 Å². The van der Waals surface area contributed by atoms with Crippen molar-refractivity contribution in [1.29, 1.82) is 0 Å². The molecule has 0 amide bonds. The van der Waals surface area contributed by atoms with Gasteiger partial charge < -0.3 is 9.80 Å². The predicted molar refractivity (Wildman–Crippen MR) is 86.1 cm³/mol. The molecule has 2 aromatic carbocycles. The summed E-state index contributed by atoms with van der Waals surface area (Å²) < 4.78 is 13.3. The molecule has 120 valence electrons. The summed E-state index contributed by atoms with van der Waals surface area (Å²) in [6.45, 7) is 4.23. The lowest BCUT2D eigenvalue weighted by atomic mass is 10.1. The van der Waals surface area contributed by atoms with Crippen LogP contribution in [0, 0.1) is 15.9 Å². The Hall–Kier alpha value is -2.47. The summed E-state index contributed by atoms with van der Waals surface area (Å²) in [5.41, 5.74) is 1.65.